The summed E-state index contributed by atoms with van der Waals surface area (Å²) in [7, 11) is 0. The minimum Gasteiger partial charge on any atom is -0.338 e. The van der Waals surface area contributed by atoms with Crippen LogP contribution in [0.1, 0.15) is 54.6 Å². The number of imidazole rings is 1. The average Bonchev–Trinajstić information content (AvgIpc) is 3.20. The Kier molecular flexibility index (Phi) is 5.78. The van der Waals surface area contributed by atoms with Crippen LogP contribution in [0.25, 0.3) is 11.0 Å². The van der Waals surface area contributed by atoms with Crippen molar-refractivity contribution in [2.75, 3.05) is 26.2 Å². The molecule has 0 saturated carbocycles. The molecule has 1 amide bonds. The summed E-state index contributed by atoms with van der Waals surface area (Å²) in [5.41, 5.74) is 3.78. The molecular formula is C24H30N6O2. The second-order valence-corrected chi connectivity index (χ2v) is 8.88. The summed E-state index contributed by atoms with van der Waals surface area (Å²) in [6, 6.07) is 6.94. The van der Waals surface area contributed by atoms with Gasteiger partial charge in [-0.05, 0) is 43.7 Å². The van der Waals surface area contributed by atoms with E-state index in [-0.39, 0.29) is 17.6 Å². The molecule has 2 fully saturated rings. The van der Waals surface area contributed by atoms with Crippen LogP contribution in [0.3, 0.4) is 0 Å². The van der Waals surface area contributed by atoms with E-state index in [1.54, 1.807) is 12.4 Å². The number of piperidine rings is 2. The number of H-pyrrole nitrogens is 1. The van der Waals surface area contributed by atoms with Gasteiger partial charge in [0.2, 0.25) is 0 Å². The molecule has 0 unspecified atom stereocenters. The average molecular weight is 435 g/mol. The normalized spacial score (nSPS) is 19.0. The molecule has 168 valence electrons. The summed E-state index contributed by atoms with van der Waals surface area (Å²) < 4.78 is 1.98. The van der Waals surface area contributed by atoms with E-state index in [0.717, 1.165) is 69.3 Å². The van der Waals surface area contributed by atoms with Gasteiger partial charge in [0.25, 0.3) is 5.91 Å². The summed E-state index contributed by atoms with van der Waals surface area (Å²) in [5.74, 6) is 0.0212. The Morgan fingerprint density at radius 1 is 1.03 bits per heavy atom. The molecule has 2 aliphatic rings. The lowest BCUT2D eigenvalue weighted by molar-refractivity contribution is 0.0557. The highest BCUT2D eigenvalue weighted by molar-refractivity contribution is 5.93. The summed E-state index contributed by atoms with van der Waals surface area (Å²) in [4.78, 5) is 40.9. The Labute approximate surface area is 187 Å². The number of likely N-dealkylation sites (tertiary alicyclic amines) is 2. The fraction of sp³-hybridized carbons (Fsp3) is 0.500. The van der Waals surface area contributed by atoms with E-state index >= 15 is 0 Å². The number of amides is 1. The summed E-state index contributed by atoms with van der Waals surface area (Å²) in [5, 5.41) is 0. The van der Waals surface area contributed by atoms with Gasteiger partial charge >= 0.3 is 5.69 Å². The molecule has 2 saturated heterocycles. The third-order valence-corrected chi connectivity index (χ3v) is 7.16. The van der Waals surface area contributed by atoms with Gasteiger partial charge in [-0.15, -0.1) is 0 Å². The molecule has 5 rings (SSSR count). The first-order valence-corrected chi connectivity index (χ1v) is 11.7. The van der Waals surface area contributed by atoms with Crippen LogP contribution in [0.15, 0.2) is 41.7 Å². The minimum absolute atomic E-state index is 0.0102. The Balaban J connectivity index is 1.20. The quantitative estimate of drug-likeness (QED) is 0.682. The lowest BCUT2D eigenvalue weighted by atomic mass is 9.97. The van der Waals surface area contributed by atoms with Gasteiger partial charge in [-0.2, -0.15) is 0 Å². The number of nitrogens with zero attached hydrogens (tertiary/aromatic N) is 5. The van der Waals surface area contributed by atoms with Crippen LogP contribution in [-0.2, 0) is 6.42 Å². The number of hydrogen-bond donors (Lipinski definition) is 1. The topological polar surface area (TPSA) is 87.1 Å². The van der Waals surface area contributed by atoms with E-state index in [1.165, 1.54) is 11.9 Å². The molecule has 8 heteroatoms. The van der Waals surface area contributed by atoms with Crippen molar-refractivity contribution in [3.05, 3.63) is 58.5 Å². The molecule has 0 atom stereocenters. The summed E-state index contributed by atoms with van der Waals surface area (Å²) in [6.07, 6.45) is 9.44. The molecule has 8 nitrogen and oxygen atoms in total. The highest BCUT2D eigenvalue weighted by atomic mass is 16.2. The molecule has 4 heterocycles. The lowest BCUT2D eigenvalue weighted by Gasteiger charge is -2.42. The molecule has 2 aromatic heterocycles. The van der Waals surface area contributed by atoms with Gasteiger partial charge in [0.15, 0.2) is 0 Å². The molecule has 32 heavy (non-hydrogen) atoms. The number of aromatic amines is 1. The van der Waals surface area contributed by atoms with Crippen molar-refractivity contribution < 1.29 is 4.79 Å². The number of aromatic nitrogens is 4. The van der Waals surface area contributed by atoms with Crippen molar-refractivity contribution in [2.24, 2.45) is 0 Å². The van der Waals surface area contributed by atoms with Gasteiger partial charge in [-0.25, -0.2) is 14.8 Å². The zero-order chi connectivity index (χ0) is 22.1. The molecule has 3 aromatic rings. The zero-order valence-electron chi connectivity index (χ0n) is 18.5. The molecule has 0 radical (unpaired) electrons. The minimum atomic E-state index is 0.0102. The number of benzene rings is 1. The van der Waals surface area contributed by atoms with Gasteiger partial charge in [0.05, 0.1) is 16.6 Å². The van der Waals surface area contributed by atoms with Crippen molar-refractivity contribution in [2.45, 2.75) is 51.1 Å². The SMILES string of the molecule is CCc1cccc2c1[nH]c(=O)n2C1CCN(C2CCN(C(=O)c3cncnc3)CC2)CC1. The standard InChI is InChI=1S/C24H30N6O2/c1-2-17-4-3-5-21-22(17)27-24(32)30(21)20-8-10-28(11-9-20)19-6-12-29(13-7-19)23(31)18-14-25-16-26-15-18/h3-5,14-16,19-20H,2,6-13H2,1H3,(H,27,32). The lowest BCUT2D eigenvalue weighted by Crippen LogP contribution is -2.49. The van der Waals surface area contributed by atoms with Crippen LogP contribution in [0.2, 0.25) is 0 Å². The maximum absolute atomic E-state index is 12.8. The molecular weight excluding hydrogens is 404 g/mol. The number of carbonyl (C=O) groups excluding carboxylic acids is 1. The van der Waals surface area contributed by atoms with Gasteiger partial charge in [-0.3, -0.25) is 9.36 Å². The fourth-order valence-electron chi connectivity index (χ4n) is 5.40. The Morgan fingerprint density at radius 2 is 1.72 bits per heavy atom. The maximum Gasteiger partial charge on any atom is 0.326 e. The third kappa shape index (κ3) is 3.83. The number of para-hydroxylation sites is 1. The highest BCUT2D eigenvalue weighted by Gasteiger charge is 2.31. The second-order valence-electron chi connectivity index (χ2n) is 8.88. The number of hydrogen-bond acceptors (Lipinski definition) is 5. The largest absolute Gasteiger partial charge is 0.338 e. The van der Waals surface area contributed by atoms with Gasteiger partial charge in [0.1, 0.15) is 6.33 Å². The fourth-order valence-corrected chi connectivity index (χ4v) is 5.40. The van der Waals surface area contributed by atoms with E-state index in [4.69, 9.17) is 0 Å². The maximum atomic E-state index is 12.8. The predicted octanol–water partition coefficient (Wildman–Crippen LogP) is 2.62. The summed E-state index contributed by atoms with van der Waals surface area (Å²) >= 11 is 0. The Hall–Kier alpha value is -3.00. The monoisotopic (exact) mass is 434 g/mol. The van der Waals surface area contributed by atoms with Crippen LogP contribution in [0.4, 0.5) is 0 Å². The molecule has 1 N–H and O–H groups in total. The Bertz CT molecular complexity index is 1140. The molecule has 0 aliphatic carbocycles. The van der Waals surface area contributed by atoms with E-state index in [2.05, 4.69) is 45.0 Å². The molecule has 0 spiro atoms. The van der Waals surface area contributed by atoms with Crippen molar-refractivity contribution in [3.63, 3.8) is 0 Å². The first kappa shape index (κ1) is 20.9. The predicted molar refractivity (Wildman–Crippen MR) is 123 cm³/mol. The molecule has 1 aromatic carbocycles. The van der Waals surface area contributed by atoms with Crippen molar-refractivity contribution in [1.82, 2.24) is 29.3 Å². The van der Waals surface area contributed by atoms with Crippen LogP contribution in [0.5, 0.6) is 0 Å². The van der Waals surface area contributed by atoms with Crippen molar-refractivity contribution >= 4 is 16.9 Å². The van der Waals surface area contributed by atoms with Crippen molar-refractivity contribution in [3.8, 4) is 0 Å². The van der Waals surface area contributed by atoms with Crippen molar-refractivity contribution in [1.29, 1.82) is 0 Å². The van der Waals surface area contributed by atoms with E-state index in [0.29, 0.717) is 11.6 Å². The first-order valence-electron chi connectivity index (χ1n) is 11.7. The number of fused-ring (bicyclic) bond motifs is 1. The number of rotatable bonds is 4. The smallest absolute Gasteiger partial charge is 0.326 e. The van der Waals surface area contributed by atoms with Crippen LogP contribution in [0, 0.1) is 0 Å². The second kappa shape index (κ2) is 8.86. The Morgan fingerprint density at radius 3 is 2.41 bits per heavy atom. The summed E-state index contributed by atoms with van der Waals surface area (Å²) in [6.45, 7) is 5.63. The van der Waals surface area contributed by atoms with E-state index in [9.17, 15) is 9.59 Å². The molecule has 2 aliphatic heterocycles. The van der Waals surface area contributed by atoms with Crippen LogP contribution < -0.4 is 5.69 Å². The van der Waals surface area contributed by atoms with Crippen LogP contribution in [-0.4, -0.2) is 67.4 Å². The number of nitrogens with one attached hydrogen (secondary N) is 1. The number of aryl methyl sites for hydroxylation is 1. The van der Waals surface area contributed by atoms with Gasteiger partial charge in [-0.1, -0.05) is 19.1 Å². The molecule has 0 bridgehead atoms. The van der Waals surface area contributed by atoms with Gasteiger partial charge < -0.3 is 14.8 Å². The highest BCUT2D eigenvalue weighted by Crippen LogP contribution is 2.29. The third-order valence-electron chi connectivity index (χ3n) is 7.16. The first-order chi connectivity index (χ1) is 15.7. The number of carbonyl (C=O) groups is 1. The van der Waals surface area contributed by atoms with E-state index in [1.807, 2.05) is 9.47 Å². The van der Waals surface area contributed by atoms with Crippen LogP contribution >= 0.6 is 0 Å². The van der Waals surface area contributed by atoms with Gasteiger partial charge in [0, 0.05) is 50.7 Å². The zero-order valence-corrected chi connectivity index (χ0v) is 18.5. The van der Waals surface area contributed by atoms with E-state index < -0.39 is 0 Å².